The van der Waals surface area contributed by atoms with Crippen LogP contribution in [0.15, 0.2) is 29.3 Å². The lowest BCUT2D eigenvalue weighted by atomic mass is 10.1. The van der Waals surface area contributed by atoms with Gasteiger partial charge in [-0.1, -0.05) is 12.1 Å². The number of carbonyl (C=O) groups is 1. The van der Waals surface area contributed by atoms with Gasteiger partial charge < -0.3 is 20.3 Å². The van der Waals surface area contributed by atoms with E-state index in [0.717, 1.165) is 31.7 Å². The highest BCUT2D eigenvalue weighted by Gasteiger charge is 2.03. The van der Waals surface area contributed by atoms with Crippen molar-refractivity contribution in [2.45, 2.75) is 19.8 Å². The minimum absolute atomic E-state index is 0. The molecule has 0 spiro atoms. The van der Waals surface area contributed by atoms with Crippen molar-refractivity contribution >= 4 is 35.8 Å². The average Bonchev–Trinajstić information content (AvgIpc) is 2.56. The first-order valence-corrected chi connectivity index (χ1v) is 7.92. The molecule has 0 aliphatic heterocycles. The molecule has 1 aromatic rings. The largest absolute Gasteiger partial charge is 0.497 e. The van der Waals surface area contributed by atoms with Gasteiger partial charge in [-0.15, -0.1) is 24.0 Å². The average molecular weight is 448 g/mol. The van der Waals surface area contributed by atoms with Gasteiger partial charge in [-0.3, -0.25) is 4.79 Å². The Labute approximate surface area is 162 Å². The Morgan fingerprint density at radius 3 is 2.42 bits per heavy atom. The molecule has 1 aromatic carbocycles. The molecule has 0 fully saturated rings. The fourth-order valence-electron chi connectivity index (χ4n) is 1.92. The number of aryl methyl sites for hydroxylation is 1. The summed E-state index contributed by atoms with van der Waals surface area (Å²) in [6.45, 7) is 3.72. The lowest BCUT2D eigenvalue weighted by Crippen LogP contribution is -2.39. The second kappa shape index (κ2) is 12.9. The summed E-state index contributed by atoms with van der Waals surface area (Å²) in [5, 5.41) is 6.39. The lowest BCUT2D eigenvalue weighted by Gasteiger charge is -2.12. The van der Waals surface area contributed by atoms with E-state index in [9.17, 15) is 4.79 Å². The Morgan fingerprint density at radius 2 is 1.88 bits per heavy atom. The van der Waals surface area contributed by atoms with Crippen molar-refractivity contribution in [2.75, 3.05) is 40.8 Å². The zero-order chi connectivity index (χ0) is 17.1. The summed E-state index contributed by atoms with van der Waals surface area (Å²) in [5.74, 6) is 1.54. The summed E-state index contributed by atoms with van der Waals surface area (Å²) in [6.07, 6.45) is 1.96. The number of hydrogen-bond acceptors (Lipinski definition) is 3. The zero-order valence-electron chi connectivity index (χ0n) is 15.0. The summed E-state index contributed by atoms with van der Waals surface area (Å²) in [5.41, 5.74) is 1.28. The number of methoxy groups -OCH3 is 1. The number of guanidine groups is 1. The minimum atomic E-state index is -0.0135. The van der Waals surface area contributed by atoms with Gasteiger partial charge in [0.1, 0.15) is 12.3 Å². The molecule has 0 saturated heterocycles. The third-order valence-corrected chi connectivity index (χ3v) is 3.31. The van der Waals surface area contributed by atoms with Gasteiger partial charge >= 0.3 is 0 Å². The van der Waals surface area contributed by atoms with Crippen molar-refractivity contribution in [3.63, 3.8) is 0 Å². The third-order valence-electron chi connectivity index (χ3n) is 3.31. The summed E-state index contributed by atoms with van der Waals surface area (Å²) >= 11 is 0. The normalized spacial score (nSPS) is 10.6. The molecule has 0 aliphatic rings. The van der Waals surface area contributed by atoms with Crippen LogP contribution in [-0.4, -0.2) is 57.6 Å². The lowest BCUT2D eigenvalue weighted by molar-refractivity contribution is -0.127. The molecule has 0 atom stereocenters. The highest BCUT2D eigenvalue weighted by atomic mass is 127. The molecule has 1 amide bonds. The molecule has 7 heteroatoms. The Hall–Kier alpha value is -1.51. The molecule has 6 nitrogen and oxygen atoms in total. The van der Waals surface area contributed by atoms with E-state index in [0.29, 0.717) is 5.96 Å². The fourth-order valence-corrected chi connectivity index (χ4v) is 1.92. The van der Waals surface area contributed by atoms with Crippen LogP contribution in [0.2, 0.25) is 0 Å². The number of nitrogens with zero attached hydrogens (tertiary/aromatic N) is 2. The topological polar surface area (TPSA) is 66.0 Å². The van der Waals surface area contributed by atoms with Gasteiger partial charge in [-0.25, -0.2) is 4.99 Å². The smallest absolute Gasteiger partial charge is 0.243 e. The number of amides is 1. The van der Waals surface area contributed by atoms with Gasteiger partial charge in [0.15, 0.2) is 5.96 Å². The first-order chi connectivity index (χ1) is 11.1. The predicted octanol–water partition coefficient (Wildman–Crippen LogP) is 1.89. The van der Waals surface area contributed by atoms with E-state index in [1.54, 1.807) is 21.2 Å². The zero-order valence-corrected chi connectivity index (χ0v) is 17.3. The van der Waals surface area contributed by atoms with Crippen LogP contribution in [0.4, 0.5) is 0 Å². The molecular formula is C17H29IN4O2. The van der Waals surface area contributed by atoms with Crippen molar-refractivity contribution < 1.29 is 9.53 Å². The summed E-state index contributed by atoms with van der Waals surface area (Å²) in [6, 6.07) is 8.10. The fraction of sp³-hybridized carbons (Fsp3) is 0.529. The number of rotatable bonds is 8. The summed E-state index contributed by atoms with van der Waals surface area (Å²) < 4.78 is 5.15. The molecule has 0 heterocycles. The number of ether oxygens (including phenoxy) is 1. The second-order valence-electron chi connectivity index (χ2n) is 5.36. The first-order valence-electron chi connectivity index (χ1n) is 7.92. The molecular weight excluding hydrogens is 419 g/mol. The first kappa shape index (κ1) is 22.5. The van der Waals surface area contributed by atoms with Gasteiger partial charge in [0.2, 0.25) is 5.91 Å². The molecule has 136 valence electrons. The van der Waals surface area contributed by atoms with E-state index in [-0.39, 0.29) is 36.4 Å². The van der Waals surface area contributed by atoms with Gasteiger partial charge in [-0.05, 0) is 37.5 Å². The van der Waals surface area contributed by atoms with Crippen molar-refractivity contribution in [1.82, 2.24) is 15.5 Å². The number of nitrogens with one attached hydrogen (secondary N) is 2. The van der Waals surface area contributed by atoms with Crippen LogP contribution in [0.1, 0.15) is 18.9 Å². The molecule has 0 radical (unpaired) electrons. The molecule has 0 aliphatic carbocycles. The van der Waals surface area contributed by atoms with Crippen LogP contribution in [0.3, 0.4) is 0 Å². The van der Waals surface area contributed by atoms with Crippen LogP contribution in [0, 0.1) is 0 Å². The van der Waals surface area contributed by atoms with Crippen LogP contribution in [0.5, 0.6) is 5.75 Å². The Bertz CT molecular complexity index is 504. The Kier molecular flexibility index (Phi) is 12.0. The van der Waals surface area contributed by atoms with Crippen molar-refractivity contribution in [2.24, 2.45) is 4.99 Å². The Morgan fingerprint density at radius 1 is 1.21 bits per heavy atom. The molecule has 0 aromatic heterocycles. The van der Waals surface area contributed by atoms with Crippen molar-refractivity contribution in [1.29, 1.82) is 0 Å². The molecule has 24 heavy (non-hydrogen) atoms. The number of likely N-dealkylation sites (N-methyl/N-ethyl adjacent to an activating group) is 1. The number of halogens is 1. The molecule has 0 unspecified atom stereocenters. The maximum absolute atomic E-state index is 11.6. The molecule has 2 N–H and O–H groups in total. The van der Waals surface area contributed by atoms with E-state index in [4.69, 9.17) is 4.74 Å². The minimum Gasteiger partial charge on any atom is -0.497 e. The van der Waals surface area contributed by atoms with Crippen LogP contribution < -0.4 is 15.4 Å². The standard InChI is InChI=1S/C17H28N4O2.HI/c1-5-18-17(20-13-16(22)21(2)3)19-12-6-7-14-8-10-15(23-4)11-9-14;/h8-11H,5-7,12-13H2,1-4H3,(H2,18,19,20);1H. The maximum Gasteiger partial charge on any atom is 0.243 e. The van der Waals surface area contributed by atoms with E-state index >= 15 is 0 Å². The number of benzene rings is 1. The number of hydrogen-bond donors (Lipinski definition) is 2. The molecule has 1 rings (SSSR count). The van der Waals surface area contributed by atoms with Crippen molar-refractivity contribution in [3.8, 4) is 5.75 Å². The highest BCUT2D eigenvalue weighted by molar-refractivity contribution is 14.0. The van der Waals surface area contributed by atoms with E-state index in [1.165, 1.54) is 10.5 Å². The van der Waals surface area contributed by atoms with E-state index in [1.807, 2.05) is 19.1 Å². The van der Waals surface area contributed by atoms with Crippen LogP contribution >= 0.6 is 24.0 Å². The second-order valence-corrected chi connectivity index (χ2v) is 5.36. The number of carbonyl (C=O) groups excluding carboxylic acids is 1. The highest BCUT2D eigenvalue weighted by Crippen LogP contribution is 2.12. The number of aliphatic imine (C=N–C) groups is 1. The van der Waals surface area contributed by atoms with Gasteiger partial charge in [0, 0.05) is 27.2 Å². The van der Waals surface area contributed by atoms with Gasteiger partial charge in [0.25, 0.3) is 0 Å². The summed E-state index contributed by atoms with van der Waals surface area (Å²) in [4.78, 5) is 17.4. The van der Waals surface area contributed by atoms with E-state index < -0.39 is 0 Å². The maximum atomic E-state index is 11.6. The Balaban J connectivity index is 0.00000529. The van der Waals surface area contributed by atoms with E-state index in [2.05, 4.69) is 27.8 Å². The monoisotopic (exact) mass is 448 g/mol. The predicted molar refractivity (Wildman–Crippen MR) is 109 cm³/mol. The molecule has 0 saturated carbocycles. The van der Waals surface area contributed by atoms with Gasteiger partial charge in [0.05, 0.1) is 7.11 Å². The SMILES string of the molecule is CCNC(=NCC(=O)N(C)C)NCCCc1ccc(OC)cc1.I. The van der Waals surface area contributed by atoms with Gasteiger partial charge in [-0.2, -0.15) is 0 Å². The molecule has 0 bridgehead atoms. The third kappa shape index (κ3) is 8.95. The quantitative estimate of drug-likeness (QED) is 0.276. The summed E-state index contributed by atoms with van der Waals surface area (Å²) in [7, 11) is 5.13. The van der Waals surface area contributed by atoms with Crippen LogP contribution in [-0.2, 0) is 11.2 Å². The van der Waals surface area contributed by atoms with Crippen LogP contribution in [0.25, 0.3) is 0 Å². The van der Waals surface area contributed by atoms with Crippen molar-refractivity contribution in [3.05, 3.63) is 29.8 Å².